The van der Waals surface area contributed by atoms with Gasteiger partial charge in [-0.1, -0.05) is 30.3 Å². The highest BCUT2D eigenvalue weighted by molar-refractivity contribution is 8.12. The summed E-state index contributed by atoms with van der Waals surface area (Å²) in [6.07, 6.45) is 0.804. The summed E-state index contributed by atoms with van der Waals surface area (Å²) >= 11 is 0. The molecule has 0 saturated carbocycles. The number of halogens is 1. The lowest BCUT2D eigenvalue weighted by Gasteiger charge is -2.15. The van der Waals surface area contributed by atoms with Gasteiger partial charge in [0.15, 0.2) is 0 Å². The van der Waals surface area contributed by atoms with Crippen LogP contribution in [0.4, 0.5) is 0 Å². The van der Waals surface area contributed by atoms with Gasteiger partial charge in [0, 0.05) is 36.4 Å². The van der Waals surface area contributed by atoms with Crippen molar-refractivity contribution in [2.45, 2.75) is 19.0 Å². The lowest BCUT2D eigenvalue weighted by atomic mass is 10.2. The fourth-order valence-electron chi connectivity index (χ4n) is 2.11. The number of benzene rings is 1. The molecule has 17 heavy (non-hydrogen) atoms. The van der Waals surface area contributed by atoms with Crippen molar-refractivity contribution in [2.24, 2.45) is 0 Å². The number of hydrogen-bond donors (Lipinski definition) is 1. The van der Waals surface area contributed by atoms with Gasteiger partial charge < -0.3 is 0 Å². The fraction of sp³-hybridized carbons (Fsp3) is 0.455. The van der Waals surface area contributed by atoms with Crippen LogP contribution in [-0.2, 0) is 15.8 Å². The van der Waals surface area contributed by atoms with Crippen molar-refractivity contribution in [3.8, 4) is 0 Å². The van der Waals surface area contributed by atoms with Gasteiger partial charge in [-0.2, -0.15) is 13.1 Å². The molecule has 1 aliphatic heterocycles. The molecule has 0 bridgehead atoms. The quantitative estimate of drug-likeness (QED) is 0.843. The molecule has 1 fully saturated rings. The van der Waals surface area contributed by atoms with E-state index in [4.69, 9.17) is 10.7 Å². The minimum absolute atomic E-state index is 0.0683. The van der Waals surface area contributed by atoms with E-state index < -0.39 is 9.24 Å². The Morgan fingerprint density at radius 1 is 1.35 bits per heavy atom. The van der Waals surface area contributed by atoms with E-state index in [2.05, 4.69) is 21.8 Å². The largest absolute Gasteiger partial charge is 0.297 e. The minimum atomic E-state index is -3.61. The maximum Gasteiger partial charge on any atom is 0.297 e. The second kappa shape index (κ2) is 5.35. The molecule has 1 aromatic carbocycles. The van der Waals surface area contributed by atoms with E-state index in [1.165, 1.54) is 5.56 Å². The van der Waals surface area contributed by atoms with Gasteiger partial charge in [-0.25, -0.2) is 0 Å². The molecule has 1 unspecified atom stereocenters. The summed E-state index contributed by atoms with van der Waals surface area (Å²) in [7, 11) is 1.56. The van der Waals surface area contributed by atoms with Crippen LogP contribution in [0.5, 0.6) is 0 Å². The first-order chi connectivity index (χ1) is 8.03. The van der Waals surface area contributed by atoms with Gasteiger partial charge in [0.1, 0.15) is 0 Å². The first kappa shape index (κ1) is 12.8. The highest BCUT2D eigenvalue weighted by Gasteiger charge is 2.25. The minimum Gasteiger partial charge on any atom is -0.297 e. The highest BCUT2D eigenvalue weighted by atomic mass is 35.7. The highest BCUT2D eigenvalue weighted by Crippen LogP contribution is 2.14. The number of nitrogens with zero attached hydrogens (tertiary/aromatic N) is 1. The maximum atomic E-state index is 10.9. The Labute approximate surface area is 106 Å². The lowest BCUT2D eigenvalue weighted by molar-refractivity contribution is 0.325. The second-order valence-electron chi connectivity index (χ2n) is 4.26. The van der Waals surface area contributed by atoms with Crippen molar-refractivity contribution >= 4 is 19.9 Å². The molecule has 4 nitrogen and oxygen atoms in total. The second-order valence-corrected chi connectivity index (χ2v) is 6.59. The van der Waals surface area contributed by atoms with Gasteiger partial charge in [0.2, 0.25) is 0 Å². The zero-order valence-electron chi connectivity index (χ0n) is 9.34. The average molecular weight is 275 g/mol. The van der Waals surface area contributed by atoms with Gasteiger partial charge in [0.05, 0.1) is 0 Å². The van der Waals surface area contributed by atoms with Gasteiger partial charge >= 0.3 is 0 Å². The molecular formula is C11H15ClN2O2S. The number of hydrogen-bond acceptors (Lipinski definition) is 3. The first-order valence-electron chi connectivity index (χ1n) is 5.51. The standard InChI is InChI=1S/C11H15ClN2O2S/c12-17(15,16)13-11-6-7-14(9-11)8-10-4-2-1-3-5-10/h1-5,11,13H,6-9H2. The van der Waals surface area contributed by atoms with E-state index >= 15 is 0 Å². The molecule has 1 aliphatic rings. The van der Waals surface area contributed by atoms with Crippen molar-refractivity contribution in [1.29, 1.82) is 0 Å². The third-order valence-corrected chi connectivity index (χ3v) is 3.71. The Morgan fingerprint density at radius 2 is 2.06 bits per heavy atom. The fourth-order valence-corrected chi connectivity index (χ4v) is 3.08. The van der Waals surface area contributed by atoms with Crippen LogP contribution in [0.3, 0.4) is 0 Å². The van der Waals surface area contributed by atoms with Crippen molar-refractivity contribution in [3.05, 3.63) is 35.9 Å². The number of likely N-dealkylation sites (tertiary alicyclic amines) is 1. The molecule has 94 valence electrons. The van der Waals surface area contributed by atoms with Crippen LogP contribution in [0, 0.1) is 0 Å². The maximum absolute atomic E-state index is 10.9. The lowest BCUT2D eigenvalue weighted by Crippen LogP contribution is -2.34. The summed E-state index contributed by atoms with van der Waals surface area (Å²) in [6, 6.07) is 10.1. The van der Waals surface area contributed by atoms with Crippen LogP contribution in [0.1, 0.15) is 12.0 Å². The Bertz CT molecular complexity index is 464. The SMILES string of the molecule is O=S(=O)(Cl)NC1CCN(Cc2ccccc2)C1. The van der Waals surface area contributed by atoms with Crippen molar-refractivity contribution in [2.75, 3.05) is 13.1 Å². The topological polar surface area (TPSA) is 49.4 Å². The van der Waals surface area contributed by atoms with Gasteiger partial charge in [0.25, 0.3) is 9.24 Å². The Balaban J connectivity index is 1.86. The van der Waals surface area contributed by atoms with Crippen LogP contribution in [0.15, 0.2) is 30.3 Å². The predicted molar refractivity (Wildman–Crippen MR) is 68.0 cm³/mol. The molecule has 0 radical (unpaired) electrons. The monoisotopic (exact) mass is 274 g/mol. The summed E-state index contributed by atoms with van der Waals surface area (Å²) in [4.78, 5) is 2.22. The Kier molecular flexibility index (Phi) is 4.04. The summed E-state index contributed by atoms with van der Waals surface area (Å²) in [5.74, 6) is 0. The Hall–Kier alpha value is -0.620. The molecular weight excluding hydrogens is 260 g/mol. The average Bonchev–Trinajstić information content (AvgIpc) is 2.64. The van der Waals surface area contributed by atoms with Crippen molar-refractivity contribution < 1.29 is 8.42 Å². The van der Waals surface area contributed by atoms with Gasteiger partial charge in [-0.3, -0.25) is 4.90 Å². The van der Waals surface area contributed by atoms with Gasteiger partial charge in [-0.15, -0.1) is 0 Å². The molecule has 1 aromatic rings. The smallest absolute Gasteiger partial charge is 0.297 e. The zero-order valence-corrected chi connectivity index (χ0v) is 10.9. The number of rotatable bonds is 4. The van der Waals surface area contributed by atoms with Crippen LogP contribution in [-0.4, -0.2) is 32.4 Å². The van der Waals surface area contributed by atoms with E-state index in [-0.39, 0.29) is 6.04 Å². The first-order valence-corrected chi connectivity index (χ1v) is 7.82. The normalized spacial score (nSPS) is 21.8. The molecule has 2 rings (SSSR count). The van der Waals surface area contributed by atoms with Crippen molar-refractivity contribution in [1.82, 2.24) is 9.62 Å². The molecule has 1 atom stereocenters. The van der Waals surface area contributed by atoms with Crippen LogP contribution in [0.2, 0.25) is 0 Å². The van der Waals surface area contributed by atoms with E-state index in [1.54, 1.807) is 0 Å². The summed E-state index contributed by atoms with van der Waals surface area (Å²) in [5, 5.41) is 0. The van der Waals surface area contributed by atoms with E-state index in [9.17, 15) is 8.42 Å². The van der Waals surface area contributed by atoms with E-state index in [0.717, 1.165) is 19.5 Å². The Morgan fingerprint density at radius 3 is 2.71 bits per heavy atom. The molecule has 6 heteroatoms. The molecule has 1 N–H and O–H groups in total. The van der Waals surface area contributed by atoms with Crippen LogP contribution in [0.25, 0.3) is 0 Å². The summed E-state index contributed by atoms with van der Waals surface area (Å²) in [5.41, 5.74) is 1.24. The molecule has 0 aromatic heterocycles. The molecule has 0 amide bonds. The number of nitrogens with one attached hydrogen (secondary N) is 1. The summed E-state index contributed by atoms with van der Waals surface area (Å²) in [6.45, 7) is 2.45. The molecule has 0 spiro atoms. The van der Waals surface area contributed by atoms with Crippen LogP contribution >= 0.6 is 10.7 Å². The van der Waals surface area contributed by atoms with Gasteiger partial charge in [-0.05, 0) is 12.0 Å². The summed E-state index contributed by atoms with van der Waals surface area (Å²) < 4.78 is 24.2. The van der Waals surface area contributed by atoms with Crippen LogP contribution < -0.4 is 4.72 Å². The predicted octanol–water partition coefficient (Wildman–Crippen LogP) is 1.33. The molecule has 1 saturated heterocycles. The van der Waals surface area contributed by atoms with E-state index in [0.29, 0.717) is 6.54 Å². The van der Waals surface area contributed by atoms with E-state index in [1.807, 2.05) is 18.2 Å². The van der Waals surface area contributed by atoms with Crippen molar-refractivity contribution in [3.63, 3.8) is 0 Å². The third kappa shape index (κ3) is 4.27. The third-order valence-electron chi connectivity index (χ3n) is 2.83. The molecule has 1 heterocycles. The molecule has 0 aliphatic carbocycles. The zero-order chi connectivity index (χ0) is 12.3.